The SMILES string of the molecule is C[C@@H]1CN(C(=O)c2cc(C(F)(F)F)nn2C)CC[C@]1(C)O. The topological polar surface area (TPSA) is 58.4 Å². The minimum absolute atomic E-state index is 0.101. The fraction of sp³-hybridized carbons (Fsp3) is 0.692. The molecule has 0 bridgehead atoms. The van der Waals surface area contributed by atoms with Gasteiger partial charge in [0.15, 0.2) is 5.69 Å². The van der Waals surface area contributed by atoms with E-state index < -0.39 is 23.4 Å². The van der Waals surface area contributed by atoms with Crippen molar-refractivity contribution in [3.8, 4) is 0 Å². The van der Waals surface area contributed by atoms with Gasteiger partial charge in [-0.2, -0.15) is 18.3 Å². The average molecular weight is 305 g/mol. The highest BCUT2D eigenvalue weighted by Crippen LogP contribution is 2.30. The Hall–Kier alpha value is -1.57. The number of amides is 1. The van der Waals surface area contributed by atoms with Crippen LogP contribution in [0, 0.1) is 5.92 Å². The van der Waals surface area contributed by atoms with Crippen LogP contribution in [0.15, 0.2) is 6.07 Å². The summed E-state index contributed by atoms with van der Waals surface area (Å²) in [4.78, 5) is 13.8. The van der Waals surface area contributed by atoms with Gasteiger partial charge in [0.05, 0.1) is 5.60 Å². The molecule has 2 atom stereocenters. The number of nitrogens with zero attached hydrogens (tertiary/aromatic N) is 3. The summed E-state index contributed by atoms with van der Waals surface area (Å²) >= 11 is 0. The molecular weight excluding hydrogens is 287 g/mol. The number of likely N-dealkylation sites (tertiary alicyclic amines) is 1. The van der Waals surface area contributed by atoms with Crippen molar-refractivity contribution in [2.24, 2.45) is 13.0 Å². The molecule has 1 N–H and O–H groups in total. The molecule has 2 heterocycles. The first kappa shape index (κ1) is 15.8. The molecule has 8 heteroatoms. The molecule has 0 unspecified atom stereocenters. The van der Waals surface area contributed by atoms with Crippen molar-refractivity contribution in [1.29, 1.82) is 0 Å². The lowest BCUT2D eigenvalue weighted by Gasteiger charge is -2.41. The highest BCUT2D eigenvalue weighted by Gasteiger charge is 2.39. The molecule has 1 aliphatic heterocycles. The Bertz CT molecular complexity index is 551. The molecule has 21 heavy (non-hydrogen) atoms. The zero-order valence-electron chi connectivity index (χ0n) is 12.1. The summed E-state index contributed by atoms with van der Waals surface area (Å²) in [6.07, 6.45) is -4.18. The van der Waals surface area contributed by atoms with Gasteiger partial charge >= 0.3 is 6.18 Å². The summed E-state index contributed by atoms with van der Waals surface area (Å²) in [5.74, 6) is -0.645. The number of aryl methyl sites for hydroxylation is 1. The molecule has 1 amide bonds. The van der Waals surface area contributed by atoms with E-state index in [4.69, 9.17) is 0 Å². The minimum atomic E-state index is -4.57. The van der Waals surface area contributed by atoms with Gasteiger partial charge in [-0.15, -0.1) is 0 Å². The van der Waals surface area contributed by atoms with Crippen LogP contribution in [-0.2, 0) is 13.2 Å². The molecule has 0 aliphatic carbocycles. The maximum atomic E-state index is 12.6. The Kier molecular flexibility index (Phi) is 3.77. The predicted octanol–water partition coefficient (Wildman–Crippen LogP) is 1.67. The second kappa shape index (κ2) is 5.01. The Morgan fingerprint density at radius 1 is 1.52 bits per heavy atom. The van der Waals surface area contributed by atoms with E-state index >= 15 is 0 Å². The smallest absolute Gasteiger partial charge is 0.390 e. The number of alkyl halides is 3. The van der Waals surface area contributed by atoms with Gasteiger partial charge < -0.3 is 10.0 Å². The number of halogens is 3. The van der Waals surface area contributed by atoms with E-state index in [-0.39, 0.29) is 11.6 Å². The lowest BCUT2D eigenvalue weighted by molar-refractivity contribution is -0.141. The molecule has 1 fully saturated rings. The third-order valence-corrected chi connectivity index (χ3v) is 4.12. The van der Waals surface area contributed by atoms with Crippen molar-refractivity contribution in [3.05, 3.63) is 17.5 Å². The van der Waals surface area contributed by atoms with E-state index in [0.717, 1.165) is 10.7 Å². The van der Waals surface area contributed by atoms with E-state index in [1.54, 1.807) is 6.92 Å². The third kappa shape index (κ3) is 3.04. The molecule has 0 aromatic carbocycles. The third-order valence-electron chi connectivity index (χ3n) is 4.12. The fourth-order valence-electron chi connectivity index (χ4n) is 2.38. The zero-order chi connectivity index (χ0) is 16.0. The first-order valence-electron chi connectivity index (χ1n) is 6.65. The molecular formula is C13H18F3N3O2. The van der Waals surface area contributed by atoms with Crippen molar-refractivity contribution < 1.29 is 23.1 Å². The molecule has 0 saturated carbocycles. The highest BCUT2D eigenvalue weighted by atomic mass is 19.4. The molecule has 1 aliphatic rings. The maximum absolute atomic E-state index is 12.6. The molecule has 118 valence electrons. The number of hydrogen-bond acceptors (Lipinski definition) is 3. The molecule has 1 saturated heterocycles. The number of hydrogen-bond donors (Lipinski definition) is 1. The number of carbonyl (C=O) groups excluding carboxylic acids is 1. The minimum Gasteiger partial charge on any atom is -0.390 e. The zero-order valence-corrected chi connectivity index (χ0v) is 12.1. The molecule has 1 aromatic heterocycles. The Morgan fingerprint density at radius 2 is 2.14 bits per heavy atom. The van der Waals surface area contributed by atoms with E-state index in [1.165, 1.54) is 11.9 Å². The summed E-state index contributed by atoms with van der Waals surface area (Å²) in [6, 6.07) is 0.764. The van der Waals surface area contributed by atoms with Crippen molar-refractivity contribution in [2.75, 3.05) is 13.1 Å². The second-order valence-electron chi connectivity index (χ2n) is 5.80. The van der Waals surface area contributed by atoms with Gasteiger partial charge in [-0.05, 0) is 13.3 Å². The first-order valence-corrected chi connectivity index (χ1v) is 6.65. The average Bonchev–Trinajstić information content (AvgIpc) is 2.74. The van der Waals surface area contributed by atoms with Crippen LogP contribution >= 0.6 is 0 Å². The lowest BCUT2D eigenvalue weighted by atomic mass is 9.84. The fourth-order valence-corrected chi connectivity index (χ4v) is 2.38. The van der Waals surface area contributed by atoms with Crippen molar-refractivity contribution in [2.45, 2.75) is 32.0 Å². The number of aliphatic hydroxyl groups is 1. The number of rotatable bonds is 1. The first-order chi connectivity index (χ1) is 9.52. The van der Waals surface area contributed by atoms with Crippen LogP contribution in [0.5, 0.6) is 0 Å². The molecule has 2 rings (SSSR count). The van der Waals surface area contributed by atoms with E-state index in [2.05, 4.69) is 5.10 Å². The molecule has 5 nitrogen and oxygen atoms in total. The van der Waals surface area contributed by atoms with Crippen LogP contribution < -0.4 is 0 Å². The summed E-state index contributed by atoms with van der Waals surface area (Å²) in [7, 11) is 1.31. The summed E-state index contributed by atoms with van der Waals surface area (Å²) in [5.41, 5.74) is -2.04. The van der Waals surface area contributed by atoms with Crippen LogP contribution in [0.4, 0.5) is 13.2 Å². The lowest BCUT2D eigenvalue weighted by Crippen LogP contribution is -2.51. The van der Waals surface area contributed by atoms with Gasteiger partial charge in [-0.3, -0.25) is 9.48 Å². The second-order valence-corrected chi connectivity index (χ2v) is 5.80. The molecule has 1 aromatic rings. The molecule has 0 spiro atoms. The monoisotopic (exact) mass is 305 g/mol. The quantitative estimate of drug-likeness (QED) is 0.858. The predicted molar refractivity (Wildman–Crippen MR) is 68.5 cm³/mol. The van der Waals surface area contributed by atoms with Gasteiger partial charge in [0.2, 0.25) is 0 Å². The maximum Gasteiger partial charge on any atom is 0.435 e. The van der Waals surface area contributed by atoms with Gasteiger partial charge in [0.1, 0.15) is 5.69 Å². The summed E-state index contributed by atoms with van der Waals surface area (Å²) < 4.78 is 38.8. The largest absolute Gasteiger partial charge is 0.435 e. The van der Waals surface area contributed by atoms with Gasteiger partial charge in [-0.1, -0.05) is 6.92 Å². The van der Waals surface area contributed by atoms with Crippen LogP contribution in [0.1, 0.15) is 36.5 Å². The Morgan fingerprint density at radius 3 is 2.62 bits per heavy atom. The van der Waals surface area contributed by atoms with Gasteiger partial charge in [0, 0.05) is 32.1 Å². The Balaban J connectivity index is 2.20. The van der Waals surface area contributed by atoms with Crippen LogP contribution in [0.25, 0.3) is 0 Å². The standard InChI is InChI=1S/C13H18F3N3O2/c1-8-7-19(5-4-12(8,2)21)11(20)9-6-10(13(14,15)16)17-18(9)3/h6,8,21H,4-5,7H2,1-3H3/t8-,12+/m1/s1. The highest BCUT2D eigenvalue weighted by molar-refractivity contribution is 5.92. The van der Waals surface area contributed by atoms with Crippen LogP contribution in [-0.4, -0.2) is 44.4 Å². The van der Waals surface area contributed by atoms with Crippen molar-refractivity contribution in [3.63, 3.8) is 0 Å². The molecule has 0 radical (unpaired) electrons. The van der Waals surface area contributed by atoms with E-state index in [9.17, 15) is 23.1 Å². The van der Waals surface area contributed by atoms with Crippen LogP contribution in [0.3, 0.4) is 0 Å². The van der Waals surface area contributed by atoms with E-state index in [0.29, 0.717) is 19.5 Å². The number of aromatic nitrogens is 2. The normalized spacial score (nSPS) is 27.0. The number of piperidine rings is 1. The summed E-state index contributed by atoms with van der Waals surface area (Å²) in [6.45, 7) is 4.12. The Labute approximate surface area is 120 Å². The van der Waals surface area contributed by atoms with Crippen LogP contribution in [0.2, 0.25) is 0 Å². The van der Waals surface area contributed by atoms with Gasteiger partial charge in [-0.25, -0.2) is 0 Å². The van der Waals surface area contributed by atoms with E-state index in [1.807, 2.05) is 6.92 Å². The van der Waals surface area contributed by atoms with Gasteiger partial charge in [0.25, 0.3) is 5.91 Å². The number of carbonyl (C=O) groups is 1. The van der Waals surface area contributed by atoms with Crippen molar-refractivity contribution >= 4 is 5.91 Å². The summed E-state index contributed by atoms with van der Waals surface area (Å²) in [5, 5.41) is 13.4. The van der Waals surface area contributed by atoms with Crippen molar-refractivity contribution in [1.82, 2.24) is 14.7 Å².